The molecule has 0 aromatic carbocycles. The molecule has 0 radical (unpaired) electrons. The highest BCUT2D eigenvalue weighted by molar-refractivity contribution is 5.94. The second-order valence-electron chi connectivity index (χ2n) is 3.85. The minimum absolute atomic E-state index is 0.194. The molecular formula is C12H17N3O3. The van der Waals surface area contributed by atoms with E-state index in [1.165, 1.54) is 11.0 Å². The van der Waals surface area contributed by atoms with E-state index in [0.717, 1.165) is 5.69 Å². The van der Waals surface area contributed by atoms with Crippen molar-refractivity contribution in [2.45, 2.75) is 20.4 Å². The topological polar surface area (TPSA) is 75.4 Å². The average molecular weight is 251 g/mol. The number of hydrogen-bond donors (Lipinski definition) is 1. The fraction of sp³-hybridized carbons (Fsp3) is 0.417. The molecule has 0 spiro atoms. The second kappa shape index (κ2) is 6.00. The molecule has 6 nitrogen and oxygen atoms in total. The smallest absolute Gasteiger partial charge is 0.323 e. The van der Waals surface area contributed by atoms with Gasteiger partial charge in [-0.25, -0.2) is 0 Å². The van der Waals surface area contributed by atoms with E-state index < -0.39 is 5.97 Å². The molecule has 0 atom stereocenters. The largest absolute Gasteiger partial charge is 0.480 e. The first-order valence-corrected chi connectivity index (χ1v) is 5.66. The summed E-state index contributed by atoms with van der Waals surface area (Å²) < 4.78 is 1.57. The van der Waals surface area contributed by atoms with E-state index in [4.69, 9.17) is 5.11 Å². The molecule has 1 rings (SSSR count). The molecule has 1 amide bonds. The Bertz CT molecular complexity index is 465. The Morgan fingerprint density at radius 2 is 2.28 bits per heavy atom. The molecule has 0 aliphatic carbocycles. The van der Waals surface area contributed by atoms with Gasteiger partial charge in [0.05, 0.1) is 5.69 Å². The van der Waals surface area contributed by atoms with Crippen LogP contribution in [0.3, 0.4) is 0 Å². The molecule has 18 heavy (non-hydrogen) atoms. The Morgan fingerprint density at radius 3 is 2.78 bits per heavy atom. The molecule has 1 aromatic rings. The lowest BCUT2D eigenvalue weighted by Crippen LogP contribution is -2.36. The zero-order chi connectivity index (χ0) is 13.7. The van der Waals surface area contributed by atoms with Gasteiger partial charge in [-0.2, -0.15) is 5.10 Å². The Hall–Kier alpha value is -2.11. The van der Waals surface area contributed by atoms with E-state index in [9.17, 15) is 9.59 Å². The minimum Gasteiger partial charge on any atom is -0.480 e. The van der Waals surface area contributed by atoms with Crippen LogP contribution in [0.25, 0.3) is 0 Å². The van der Waals surface area contributed by atoms with Gasteiger partial charge in [-0.1, -0.05) is 6.08 Å². The van der Waals surface area contributed by atoms with E-state index in [1.807, 2.05) is 6.92 Å². The van der Waals surface area contributed by atoms with Crippen molar-refractivity contribution < 1.29 is 14.7 Å². The number of amides is 1. The fourth-order valence-electron chi connectivity index (χ4n) is 1.66. The van der Waals surface area contributed by atoms with Crippen LogP contribution in [0.5, 0.6) is 0 Å². The maximum Gasteiger partial charge on any atom is 0.323 e. The number of nitrogens with zero attached hydrogens (tertiary/aromatic N) is 3. The van der Waals surface area contributed by atoms with Crippen molar-refractivity contribution in [3.05, 3.63) is 30.1 Å². The van der Waals surface area contributed by atoms with Gasteiger partial charge < -0.3 is 10.0 Å². The number of carbonyl (C=O) groups excluding carboxylic acids is 1. The van der Waals surface area contributed by atoms with Gasteiger partial charge in [0.15, 0.2) is 0 Å². The van der Waals surface area contributed by atoms with Crippen LogP contribution in [-0.2, 0) is 11.3 Å². The zero-order valence-electron chi connectivity index (χ0n) is 10.6. The highest BCUT2D eigenvalue weighted by Gasteiger charge is 2.21. The summed E-state index contributed by atoms with van der Waals surface area (Å²) in [6.07, 6.45) is 1.50. The molecule has 0 saturated heterocycles. The molecule has 1 heterocycles. The quantitative estimate of drug-likeness (QED) is 0.763. The predicted molar refractivity (Wildman–Crippen MR) is 66.4 cm³/mol. The van der Waals surface area contributed by atoms with E-state index in [-0.39, 0.29) is 19.0 Å². The molecule has 0 saturated carbocycles. The van der Waals surface area contributed by atoms with Gasteiger partial charge in [0.1, 0.15) is 12.2 Å². The maximum atomic E-state index is 12.2. The normalized spacial score (nSPS) is 10.1. The number of carboxylic acid groups (broad SMARTS) is 1. The van der Waals surface area contributed by atoms with Crippen LogP contribution in [0.2, 0.25) is 0 Å². The Labute approximate surface area is 106 Å². The first kappa shape index (κ1) is 14.0. The SMILES string of the molecule is C=CCN(CC(=O)O)C(=O)c1cc(C)nn1CC. The monoisotopic (exact) mass is 251 g/mol. The third kappa shape index (κ3) is 3.19. The second-order valence-corrected chi connectivity index (χ2v) is 3.85. The molecule has 0 bridgehead atoms. The van der Waals surface area contributed by atoms with Crippen LogP contribution in [-0.4, -0.2) is 44.8 Å². The number of hydrogen-bond acceptors (Lipinski definition) is 3. The number of aromatic nitrogens is 2. The van der Waals surface area contributed by atoms with Crippen LogP contribution < -0.4 is 0 Å². The van der Waals surface area contributed by atoms with Gasteiger partial charge in [0.2, 0.25) is 0 Å². The van der Waals surface area contributed by atoms with E-state index in [0.29, 0.717) is 12.2 Å². The third-order valence-electron chi connectivity index (χ3n) is 2.38. The van der Waals surface area contributed by atoms with Crippen molar-refractivity contribution in [2.24, 2.45) is 0 Å². The molecule has 0 aliphatic rings. The summed E-state index contributed by atoms with van der Waals surface area (Å²) in [7, 11) is 0. The molecule has 0 fully saturated rings. The summed E-state index contributed by atoms with van der Waals surface area (Å²) >= 11 is 0. The van der Waals surface area contributed by atoms with Crippen molar-refractivity contribution in [2.75, 3.05) is 13.1 Å². The molecule has 0 unspecified atom stereocenters. The first-order valence-electron chi connectivity index (χ1n) is 5.66. The molecule has 1 N–H and O–H groups in total. The summed E-state index contributed by atoms with van der Waals surface area (Å²) in [6, 6.07) is 1.66. The van der Waals surface area contributed by atoms with Crippen molar-refractivity contribution in [3.63, 3.8) is 0 Å². The van der Waals surface area contributed by atoms with Crippen molar-refractivity contribution in [1.29, 1.82) is 0 Å². The van der Waals surface area contributed by atoms with E-state index in [2.05, 4.69) is 11.7 Å². The lowest BCUT2D eigenvalue weighted by molar-refractivity contribution is -0.137. The molecule has 1 aromatic heterocycles. The Balaban J connectivity index is 3.00. The number of aryl methyl sites for hydroxylation is 2. The third-order valence-corrected chi connectivity index (χ3v) is 2.38. The Morgan fingerprint density at radius 1 is 1.61 bits per heavy atom. The summed E-state index contributed by atoms with van der Waals surface area (Å²) in [5, 5.41) is 13.0. The molecular weight excluding hydrogens is 234 g/mol. The van der Waals surface area contributed by atoms with E-state index >= 15 is 0 Å². The minimum atomic E-state index is -1.05. The highest BCUT2D eigenvalue weighted by atomic mass is 16.4. The molecule has 98 valence electrons. The maximum absolute atomic E-state index is 12.2. The zero-order valence-corrected chi connectivity index (χ0v) is 10.6. The predicted octanol–water partition coefficient (Wildman–Crippen LogP) is 0.924. The van der Waals surface area contributed by atoms with Crippen LogP contribution >= 0.6 is 0 Å². The molecule has 0 aliphatic heterocycles. The van der Waals surface area contributed by atoms with Gasteiger partial charge >= 0.3 is 5.97 Å². The average Bonchev–Trinajstić information content (AvgIpc) is 2.68. The van der Waals surface area contributed by atoms with Crippen molar-refractivity contribution in [1.82, 2.24) is 14.7 Å². The highest BCUT2D eigenvalue weighted by Crippen LogP contribution is 2.08. The number of rotatable bonds is 6. The van der Waals surface area contributed by atoms with Gasteiger partial charge in [0.25, 0.3) is 5.91 Å². The van der Waals surface area contributed by atoms with Crippen LogP contribution in [0.15, 0.2) is 18.7 Å². The van der Waals surface area contributed by atoms with E-state index in [1.54, 1.807) is 17.7 Å². The van der Waals surface area contributed by atoms with Gasteiger partial charge in [0, 0.05) is 13.1 Å². The van der Waals surface area contributed by atoms with Crippen molar-refractivity contribution >= 4 is 11.9 Å². The lowest BCUT2D eigenvalue weighted by atomic mass is 10.3. The summed E-state index contributed by atoms with van der Waals surface area (Å²) in [4.78, 5) is 24.2. The first-order chi connectivity index (χ1) is 8.49. The van der Waals surface area contributed by atoms with Gasteiger partial charge in [-0.05, 0) is 19.9 Å². The number of aliphatic carboxylic acids is 1. The number of carboxylic acids is 1. The molecule has 6 heteroatoms. The standard InChI is InChI=1S/C12H17N3O3/c1-4-6-14(8-11(16)17)12(18)10-7-9(3)13-15(10)5-2/h4,7H,1,5-6,8H2,2-3H3,(H,16,17). The summed E-state index contributed by atoms with van der Waals surface area (Å²) in [5.41, 5.74) is 1.13. The summed E-state index contributed by atoms with van der Waals surface area (Å²) in [5.74, 6) is -1.40. The van der Waals surface area contributed by atoms with Crippen molar-refractivity contribution in [3.8, 4) is 0 Å². The number of carbonyl (C=O) groups is 2. The Kier molecular flexibility index (Phi) is 4.65. The van der Waals surface area contributed by atoms with Crippen LogP contribution in [0.4, 0.5) is 0 Å². The van der Waals surface area contributed by atoms with Gasteiger partial charge in [-0.3, -0.25) is 14.3 Å². The van der Waals surface area contributed by atoms with Crippen LogP contribution in [0, 0.1) is 6.92 Å². The summed E-state index contributed by atoms with van der Waals surface area (Å²) in [6.45, 7) is 7.59. The lowest BCUT2D eigenvalue weighted by Gasteiger charge is -2.18. The van der Waals surface area contributed by atoms with Gasteiger partial charge in [-0.15, -0.1) is 6.58 Å². The van der Waals surface area contributed by atoms with Crippen LogP contribution in [0.1, 0.15) is 23.1 Å². The fourth-order valence-corrected chi connectivity index (χ4v) is 1.66.